The summed E-state index contributed by atoms with van der Waals surface area (Å²) in [6.07, 6.45) is 1.40. The van der Waals surface area contributed by atoms with Crippen LogP contribution in [-0.4, -0.2) is 76.6 Å². The molecule has 12 heteroatoms. The summed E-state index contributed by atoms with van der Waals surface area (Å²) < 4.78 is 12.5. The number of carbonyl (C=O) groups excluding carboxylic acids is 2. The number of hydrogen-bond donors (Lipinski definition) is 1. The highest BCUT2D eigenvalue weighted by Crippen LogP contribution is 2.36. The van der Waals surface area contributed by atoms with E-state index in [4.69, 9.17) is 9.47 Å². The van der Waals surface area contributed by atoms with Gasteiger partial charge in [-0.2, -0.15) is 4.98 Å². The van der Waals surface area contributed by atoms with Crippen molar-refractivity contribution in [2.45, 2.75) is 23.5 Å². The normalized spacial score (nSPS) is 20.1. The first kappa shape index (κ1) is 22.8. The van der Waals surface area contributed by atoms with Crippen LogP contribution in [0.1, 0.15) is 12.5 Å². The van der Waals surface area contributed by atoms with Gasteiger partial charge in [0.15, 0.2) is 5.65 Å². The molecule has 0 saturated carbocycles. The molecule has 2 fully saturated rings. The number of nitrogens with one attached hydrogen (secondary N) is 1. The molecule has 0 aliphatic carbocycles. The maximum atomic E-state index is 12.6. The van der Waals surface area contributed by atoms with Crippen molar-refractivity contribution in [3.63, 3.8) is 0 Å². The Morgan fingerprint density at radius 3 is 2.86 bits per heavy atom. The summed E-state index contributed by atoms with van der Waals surface area (Å²) in [6, 6.07) is 9.14. The summed E-state index contributed by atoms with van der Waals surface area (Å²) in [5.74, 6) is 0.790. The lowest BCUT2D eigenvalue weighted by Gasteiger charge is -2.40. The molecule has 11 nitrogen and oxygen atoms in total. The van der Waals surface area contributed by atoms with Crippen molar-refractivity contribution in [2.75, 3.05) is 49.3 Å². The lowest BCUT2D eigenvalue weighted by atomic mass is 10.1. The third kappa shape index (κ3) is 4.16. The zero-order valence-electron chi connectivity index (χ0n) is 19.5. The molecule has 0 bridgehead atoms. The zero-order valence-corrected chi connectivity index (χ0v) is 20.4. The number of thioether (sulfide) groups is 1. The number of methoxy groups -OCH3 is 1. The van der Waals surface area contributed by atoms with Crippen molar-refractivity contribution in [1.29, 1.82) is 0 Å². The van der Waals surface area contributed by atoms with E-state index in [1.807, 2.05) is 18.2 Å². The molecule has 0 radical (unpaired) electrons. The Bertz CT molecular complexity index is 1420. The number of carbonyl (C=O) groups is 2. The Kier molecular flexibility index (Phi) is 5.76. The number of rotatable bonds is 6. The van der Waals surface area contributed by atoms with Crippen LogP contribution in [0.2, 0.25) is 0 Å². The molecule has 5 heterocycles. The smallest absolute Gasteiger partial charge is 0.414 e. The van der Waals surface area contributed by atoms with E-state index in [0.717, 1.165) is 17.1 Å². The quantitative estimate of drug-likeness (QED) is 0.534. The lowest BCUT2D eigenvalue weighted by molar-refractivity contribution is -0.113. The Labute approximate surface area is 210 Å². The van der Waals surface area contributed by atoms with Gasteiger partial charge in [-0.05, 0) is 30.7 Å². The molecule has 2 saturated heterocycles. The first-order valence-corrected chi connectivity index (χ1v) is 12.7. The van der Waals surface area contributed by atoms with Crippen LogP contribution in [0.4, 0.5) is 16.2 Å². The van der Waals surface area contributed by atoms with E-state index in [-0.39, 0.29) is 29.7 Å². The Balaban J connectivity index is 1.07. The SMILES string of the molecule is COc1ccc2ncc(=O)n(C3CN(CC[C@@H]4CN(c5ccc6c(c5)NC(=O)CS6)C(=O)O4)C3)c2n1. The molecular formula is C24H24N6O5S. The molecule has 36 heavy (non-hydrogen) atoms. The second kappa shape index (κ2) is 9.10. The molecule has 1 aromatic carbocycles. The minimum Gasteiger partial charge on any atom is -0.481 e. The van der Waals surface area contributed by atoms with E-state index < -0.39 is 0 Å². The Morgan fingerprint density at radius 1 is 1.17 bits per heavy atom. The molecule has 3 aromatic rings. The lowest BCUT2D eigenvalue weighted by Crippen LogP contribution is -2.51. The summed E-state index contributed by atoms with van der Waals surface area (Å²) in [6.45, 7) is 2.59. The Morgan fingerprint density at radius 2 is 2.03 bits per heavy atom. The zero-order chi connectivity index (χ0) is 24.8. The average Bonchev–Trinajstić information content (AvgIpc) is 3.23. The van der Waals surface area contributed by atoms with Crippen molar-refractivity contribution < 1.29 is 19.1 Å². The molecule has 186 valence electrons. The predicted molar refractivity (Wildman–Crippen MR) is 134 cm³/mol. The summed E-state index contributed by atoms with van der Waals surface area (Å²) in [5, 5.41) is 2.86. The summed E-state index contributed by atoms with van der Waals surface area (Å²) in [5.41, 5.74) is 2.41. The maximum absolute atomic E-state index is 12.6. The number of ether oxygens (including phenoxy) is 2. The molecule has 0 unspecified atom stereocenters. The number of cyclic esters (lactones) is 1. The number of nitrogens with zero attached hydrogens (tertiary/aromatic N) is 5. The summed E-state index contributed by atoms with van der Waals surface area (Å²) in [7, 11) is 1.54. The van der Waals surface area contributed by atoms with Gasteiger partial charge in [0.1, 0.15) is 11.6 Å². The van der Waals surface area contributed by atoms with Gasteiger partial charge in [-0.3, -0.25) is 24.0 Å². The second-order valence-electron chi connectivity index (χ2n) is 9.00. The Hall–Kier alpha value is -3.64. The van der Waals surface area contributed by atoms with Crippen LogP contribution in [0, 0.1) is 0 Å². The fourth-order valence-corrected chi connectivity index (χ4v) is 5.58. The third-order valence-electron chi connectivity index (χ3n) is 6.67. The van der Waals surface area contributed by atoms with Crippen molar-refractivity contribution in [2.24, 2.45) is 0 Å². The number of hydrogen-bond acceptors (Lipinski definition) is 9. The highest BCUT2D eigenvalue weighted by molar-refractivity contribution is 8.00. The fourth-order valence-electron chi connectivity index (χ4n) is 4.80. The first-order chi connectivity index (χ1) is 17.5. The van der Waals surface area contributed by atoms with Crippen LogP contribution in [0.15, 0.2) is 46.2 Å². The van der Waals surface area contributed by atoms with E-state index >= 15 is 0 Å². The minimum atomic E-state index is -0.383. The number of likely N-dealkylation sites (tertiary alicyclic amines) is 1. The number of aromatic nitrogens is 3. The van der Waals surface area contributed by atoms with Gasteiger partial charge in [0.05, 0.1) is 37.3 Å². The molecule has 6 rings (SSSR count). The molecule has 2 aromatic heterocycles. The highest BCUT2D eigenvalue weighted by Gasteiger charge is 2.35. The van der Waals surface area contributed by atoms with Crippen LogP contribution in [0.3, 0.4) is 0 Å². The van der Waals surface area contributed by atoms with Gasteiger partial charge in [-0.15, -0.1) is 11.8 Å². The van der Waals surface area contributed by atoms with Crippen LogP contribution in [0.25, 0.3) is 11.2 Å². The number of benzene rings is 1. The number of anilines is 2. The third-order valence-corrected chi connectivity index (χ3v) is 7.74. The minimum absolute atomic E-state index is 0.00573. The van der Waals surface area contributed by atoms with E-state index in [1.165, 1.54) is 25.1 Å². The van der Waals surface area contributed by atoms with Gasteiger partial charge in [-0.25, -0.2) is 9.78 Å². The van der Waals surface area contributed by atoms with Crippen LogP contribution in [-0.2, 0) is 9.53 Å². The van der Waals surface area contributed by atoms with E-state index in [2.05, 4.69) is 20.2 Å². The maximum Gasteiger partial charge on any atom is 0.414 e. The molecule has 3 aliphatic rings. The van der Waals surface area contributed by atoms with Gasteiger partial charge in [0.25, 0.3) is 5.56 Å². The first-order valence-electron chi connectivity index (χ1n) is 11.7. The van der Waals surface area contributed by atoms with Crippen LogP contribution >= 0.6 is 11.8 Å². The van der Waals surface area contributed by atoms with Gasteiger partial charge >= 0.3 is 6.09 Å². The number of amides is 2. The fraction of sp³-hybridized carbons (Fsp3) is 0.375. The van der Waals surface area contributed by atoms with Crippen LogP contribution in [0.5, 0.6) is 5.88 Å². The predicted octanol–water partition coefficient (Wildman–Crippen LogP) is 2.12. The molecule has 1 atom stereocenters. The highest BCUT2D eigenvalue weighted by atomic mass is 32.2. The van der Waals surface area contributed by atoms with Crippen LogP contribution < -0.4 is 20.5 Å². The largest absolute Gasteiger partial charge is 0.481 e. The number of pyridine rings is 1. The van der Waals surface area contributed by atoms with Gasteiger partial charge in [0, 0.05) is 36.3 Å². The molecule has 3 aliphatic heterocycles. The second-order valence-corrected chi connectivity index (χ2v) is 10.0. The monoisotopic (exact) mass is 508 g/mol. The van der Waals surface area contributed by atoms with Crippen molar-refractivity contribution >= 4 is 46.3 Å². The number of fused-ring (bicyclic) bond motifs is 2. The van der Waals surface area contributed by atoms with Crippen molar-refractivity contribution in [3.8, 4) is 5.88 Å². The molecule has 1 N–H and O–H groups in total. The molecule has 0 spiro atoms. The van der Waals surface area contributed by atoms with Gasteiger partial charge in [-0.1, -0.05) is 0 Å². The van der Waals surface area contributed by atoms with E-state index in [9.17, 15) is 14.4 Å². The van der Waals surface area contributed by atoms with Crippen molar-refractivity contribution in [1.82, 2.24) is 19.4 Å². The molecule has 2 amide bonds. The summed E-state index contributed by atoms with van der Waals surface area (Å²) in [4.78, 5) is 50.3. The van der Waals surface area contributed by atoms with Gasteiger partial charge in [0.2, 0.25) is 11.8 Å². The topological polar surface area (TPSA) is 119 Å². The summed E-state index contributed by atoms with van der Waals surface area (Å²) >= 11 is 1.48. The molecular weight excluding hydrogens is 484 g/mol. The van der Waals surface area contributed by atoms with E-state index in [0.29, 0.717) is 54.5 Å². The van der Waals surface area contributed by atoms with Gasteiger partial charge < -0.3 is 14.8 Å². The van der Waals surface area contributed by atoms with E-state index in [1.54, 1.807) is 21.6 Å². The standard InChI is InChI=1S/C24H24N6O5S/c1-34-21-5-3-17-23(27-21)30(22(32)9-25-17)15-10-28(11-15)7-6-16-12-29(24(33)35-16)14-2-4-19-18(8-14)26-20(31)13-36-19/h2-5,8-9,15-16H,6-7,10-13H2,1H3,(H,26,31)/t16-/m1/s1. The average molecular weight is 509 g/mol. The van der Waals surface area contributed by atoms with Crippen molar-refractivity contribution in [3.05, 3.63) is 46.9 Å².